The fraction of sp³-hybridized carbons (Fsp3) is 0.464. The van der Waals surface area contributed by atoms with Crippen LogP contribution in [0.2, 0.25) is 0 Å². The number of nitrogens with one attached hydrogen (secondary N) is 1. The van der Waals surface area contributed by atoms with Crippen LogP contribution in [0.15, 0.2) is 59.1 Å². The molecular formula is C28H31F3IN3O2. The highest BCUT2D eigenvalue weighted by molar-refractivity contribution is 14.1. The molecule has 1 N–H and O–H groups in total. The second-order valence-electron chi connectivity index (χ2n) is 10.1. The number of benzene rings is 2. The number of aromatic nitrogens is 1. The van der Waals surface area contributed by atoms with Crippen molar-refractivity contribution in [2.45, 2.75) is 57.3 Å². The Morgan fingerprint density at radius 2 is 1.76 bits per heavy atom. The van der Waals surface area contributed by atoms with Crippen LogP contribution >= 0.6 is 22.6 Å². The molecule has 2 aromatic carbocycles. The number of alkyl halides is 3. The summed E-state index contributed by atoms with van der Waals surface area (Å²) < 4.78 is 48.4. The number of ether oxygens (including phenoxy) is 1. The molecule has 2 aliphatic rings. The molecule has 3 aromatic rings. The minimum atomic E-state index is -4.71. The van der Waals surface area contributed by atoms with Crippen LogP contribution in [0.25, 0.3) is 11.3 Å². The molecule has 37 heavy (non-hydrogen) atoms. The van der Waals surface area contributed by atoms with Gasteiger partial charge in [-0.2, -0.15) is 0 Å². The third kappa shape index (κ3) is 7.12. The summed E-state index contributed by atoms with van der Waals surface area (Å²) in [6, 6.07) is 15.2. The van der Waals surface area contributed by atoms with Crippen LogP contribution in [0, 0.1) is 15.4 Å². The molecule has 1 aliphatic carbocycles. The molecule has 3 atom stereocenters. The van der Waals surface area contributed by atoms with Gasteiger partial charge in [0.15, 0.2) is 5.76 Å². The maximum atomic E-state index is 12.4. The summed E-state index contributed by atoms with van der Waals surface area (Å²) in [5.41, 5.74) is 1.96. The highest BCUT2D eigenvalue weighted by atomic mass is 127. The molecule has 5 nitrogen and oxygen atoms in total. The summed E-state index contributed by atoms with van der Waals surface area (Å²) in [6.07, 6.45) is 5.29. The van der Waals surface area contributed by atoms with Crippen molar-refractivity contribution in [1.82, 2.24) is 4.98 Å². The van der Waals surface area contributed by atoms with E-state index in [-0.39, 0.29) is 5.75 Å². The van der Waals surface area contributed by atoms with Gasteiger partial charge in [-0.15, -0.1) is 13.2 Å². The maximum absolute atomic E-state index is 12.4. The van der Waals surface area contributed by atoms with Gasteiger partial charge in [0.2, 0.25) is 0 Å². The first-order valence-electron chi connectivity index (χ1n) is 12.9. The molecule has 2 heterocycles. The van der Waals surface area contributed by atoms with Crippen molar-refractivity contribution in [3.05, 3.63) is 58.3 Å². The molecule has 0 amide bonds. The Kier molecular flexibility index (Phi) is 8.16. The van der Waals surface area contributed by atoms with Crippen molar-refractivity contribution in [3.63, 3.8) is 0 Å². The highest BCUT2D eigenvalue weighted by Crippen LogP contribution is 2.36. The average Bonchev–Trinajstić information content (AvgIpc) is 3.34. The van der Waals surface area contributed by atoms with Gasteiger partial charge in [-0.3, -0.25) is 0 Å². The van der Waals surface area contributed by atoms with Gasteiger partial charge in [0.1, 0.15) is 5.75 Å². The van der Waals surface area contributed by atoms with Crippen molar-refractivity contribution in [1.29, 1.82) is 0 Å². The van der Waals surface area contributed by atoms with E-state index in [4.69, 9.17) is 4.42 Å². The Morgan fingerprint density at radius 3 is 2.51 bits per heavy atom. The summed E-state index contributed by atoms with van der Waals surface area (Å²) in [5, 5.41) is 3.54. The van der Waals surface area contributed by atoms with Crippen molar-refractivity contribution in [3.8, 4) is 17.1 Å². The Bertz CT molecular complexity index is 1150. The summed E-state index contributed by atoms with van der Waals surface area (Å²) in [6.45, 7) is 2.22. The number of hydrogen-bond acceptors (Lipinski definition) is 5. The number of oxazole rings is 1. The van der Waals surface area contributed by atoms with E-state index in [1.165, 1.54) is 72.0 Å². The fourth-order valence-corrected chi connectivity index (χ4v) is 6.07. The summed E-state index contributed by atoms with van der Waals surface area (Å²) >= 11 is 2.35. The van der Waals surface area contributed by atoms with Crippen molar-refractivity contribution in [2.75, 3.05) is 23.3 Å². The fourth-order valence-electron chi connectivity index (χ4n) is 5.71. The van der Waals surface area contributed by atoms with Crippen molar-refractivity contribution < 1.29 is 22.3 Å². The molecular weight excluding hydrogens is 594 g/mol. The molecule has 5 rings (SSSR count). The molecule has 1 saturated carbocycles. The lowest BCUT2D eigenvalue weighted by molar-refractivity contribution is -0.274. The lowest BCUT2D eigenvalue weighted by atomic mass is 9.77. The largest absolute Gasteiger partial charge is 0.573 e. The van der Waals surface area contributed by atoms with Gasteiger partial charge in [0.05, 0.1) is 6.20 Å². The van der Waals surface area contributed by atoms with Gasteiger partial charge in [-0.1, -0.05) is 12.8 Å². The van der Waals surface area contributed by atoms with Gasteiger partial charge in [0, 0.05) is 34.0 Å². The van der Waals surface area contributed by atoms with Crippen molar-refractivity contribution in [2.24, 2.45) is 11.8 Å². The van der Waals surface area contributed by atoms with Crippen LogP contribution in [0.4, 0.5) is 24.9 Å². The molecule has 1 saturated heterocycles. The van der Waals surface area contributed by atoms with E-state index in [9.17, 15) is 13.2 Å². The zero-order chi connectivity index (χ0) is 25.8. The molecule has 0 spiro atoms. The molecule has 198 valence electrons. The number of piperidine rings is 1. The zero-order valence-electron chi connectivity index (χ0n) is 20.5. The Balaban J connectivity index is 1.20. The molecule has 1 aromatic heterocycles. The Labute approximate surface area is 228 Å². The number of halogens is 4. The lowest BCUT2D eigenvalue weighted by Crippen LogP contribution is -2.39. The minimum Gasteiger partial charge on any atom is -0.424 e. The standard InChI is InChI=1S/C28H31F3IN3O2/c29-28(30,31)37-24-13-7-20(8-14-24)26-17-33-27(36-26)34-25-6-2-1-5-21(25)16-19-4-3-15-35(18-19)23-11-9-22(32)10-12-23/h7-14,17,19,21,25H,1-6,15-16,18H2,(H,33,34)/t19-,21+,25-/m1/s1. The zero-order valence-corrected chi connectivity index (χ0v) is 22.7. The van der Waals surface area contributed by atoms with E-state index in [1.54, 1.807) is 6.20 Å². The second kappa shape index (κ2) is 11.5. The first-order valence-corrected chi connectivity index (χ1v) is 14.0. The van der Waals surface area contributed by atoms with Gasteiger partial charge in [0.25, 0.3) is 6.01 Å². The molecule has 0 unspecified atom stereocenters. The number of nitrogens with zero attached hydrogens (tertiary/aromatic N) is 2. The monoisotopic (exact) mass is 625 g/mol. The minimum absolute atomic E-state index is 0.262. The van der Waals surface area contributed by atoms with Crippen LogP contribution < -0.4 is 15.0 Å². The molecule has 0 radical (unpaired) electrons. The topological polar surface area (TPSA) is 50.5 Å². The maximum Gasteiger partial charge on any atom is 0.573 e. The number of anilines is 2. The van der Waals surface area contributed by atoms with E-state index in [0.29, 0.717) is 35.2 Å². The van der Waals surface area contributed by atoms with Crippen LogP contribution in [0.3, 0.4) is 0 Å². The lowest BCUT2D eigenvalue weighted by Gasteiger charge is -2.39. The van der Waals surface area contributed by atoms with E-state index in [0.717, 1.165) is 19.5 Å². The predicted molar refractivity (Wildman–Crippen MR) is 147 cm³/mol. The SMILES string of the molecule is FC(F)(F)Oc1ccc(-c2cnc(N[C@@H]3CCCC[C@H]3C[C@H]3CCCN(c4ccc(I)cc4)C3)o2)cc1. The van der Waals surface area contributed by atoms with Crippen LogP contribution in [-0.2, 0) is 0 Å². The van der Waals surface area contributed by atoms with E-state index >= 15 is 0 Å². The third-order valence-corrected chi connectivity index (χ3v) is 8.16. The summed E-state index contributed by atoms with van der Waals surface area (Å²) in [4.78, 5) is 6.94. The van der Waals surface area contributed by atoms with Crippen molar-refractivity contribution >= 4 is 34.3 Å². The highest BCUT2D eigenvalue weighted by Gasteiger charge is 2.32. The summed E-state index contributed by atoms with van der Waals surface area (Å²) in [5.74, 6) is 1.47. The smallest absolute Gasteiger partial charge is 0.424 e. The normalized spacial score (nSPS) is 22.6. The van der Waals surface area contributed by atoms with Crippen LogP contribution in [0.5, 0.6) is 5.75 Å². The molecule has 2 fully saturated rings. The molecule has 1 aliphatic heterocycles. The first-order chi connectivity index (χ1) is 17.8. The quantitative estimate of drug-likeness (QED) is 0.269. The van der Waals surface area contributed by atoms with Gasteiger partial charge >= 0.3 is 6.36 Å². The van der Waals surface area contributed by atoms with Gasteiger partial charge in [-0.25, -0.2) is 4.98 Å². The van der Waals surface area contributed by atoms with Crippen LogP contribution in [-0.4, -0.2) is 30.5 Å². The van der Waals surface area contributed by atoms with E-state index in [1.807, 2.05) is 0 Å². The van der Waals surface area contributed by atoms with Crippen LogP contribution in [0.1, 0.15) is 44.9 Å². The number of rotatable bonds is 7. The average molecular weight is 625 g/mol. The Hall–Kier alpha value is -2.43. The number of hydrogen-bond donors (Lipinski definition) is 1. The summed E-state index contributed by atoms with van der Waals surface area (Å²) in [7, 11) is 0. The van der Waals surface area contributed by atoms with Gasteiger partial charge < -0.3 is 19.4 Å². The third-order valence-electron chi connectivity index (χ3n) is 7.44. The van der Waals surface area contributed by atoms with E-state index in [2.05, 4.69) is 66.8 Å². The van der Waals surface area contributed by atoms with Gasteiger partial charge in [-0.05, 0) is 115 Å². The second-order valence-corrected chi connectivity index (χ2v) is 11.3. The first kappa shape index (κ1) is 26.2. The predicted octanol–water partition coefficient (Wildman–Crippen LogP) is 8.12. The molecule has 0 bridgehead atoms. The molecule has 9 heteroatoms. The Morgan fingerprint density at radius 1 is 1.00 bits per heavy atom. The van der Waals surface area contributed by atoms with E-state index < -0.39 is 6.36 Å².